The zero-order valence-electron chi connectivity index (χ0n) is 20.2. The van der Waals surface area contributed by atoms with Gasteiger partial charge >= 0.3 is 12.1 Å². The van der Waals surface area contributed by atoms with Crippen molar-refractivity contribution in [3.63, 3.8) is 0 Å². The van der Waals surface area contributed by atoms with Gasteiger partial charge in [0, 0.05) is 12.8 Å². The SMILES string of the molecule is CC.CC.CCCCOSNC(C#CC(F)(F)CCOCc1ccccc1)CCC(F)(F)F. The fraction of sp³-hybridized carbons (Fsp3) is 0.667. The summed E-state index contributed by atoms with van der Waals surface area (Å²) in [6.07, 6.45) is -4.91. The lowest BCUT2D eigenvalue weighted by Crippen LogP contribution is -2.25. The maximum Gasteiger partial charge on any atom is 0.389 e. The molecule has 0 aliphatic heterocycles. The van der Waals surface area contributed by atoms with Gasteiger partial charge in [-0.25, -0.2) is 4.72 Å². The minimum atomic E-state index is -4.39. The van der Waals surface area contributed by atoms with E-state index in [1.165, 1.54) is 0 Å². The lowest BCUT2D eigenvalue weighted by atomic mass is 10.1. The summed E-state index contributed by atoms with van der Waals surface area (Å²) in [5.41, 5.74) is 0.860. The highest BCUT2D eigenvalue weighted by molar-refractivity contribution is 7.92. The van der Waals surface area contributed by atoms with Gasteiger partial charge in [-0.3, -0.25) is 0 Å². The molecular formula is C24H38F5NO2S. The molecule has 9 heteroatoms. The zero-order valence-corrected chi connectivity index (χ0v) is 21.1. The summed E-state index contributed by atoms with van der Waals surface area (Å²) in [5, 5.41) is 0. The summed E-state index contributed by atoms with van der Waals surface area (Å²) in [6, 6.07) is 8.03. The predicted octanol–water partition coefficient (Wildman–Crippen LogP) is 7.97. The van der Waals surface area contributed by atoms with Crippen molar-refractivity contribution in [1.29, 1.82) is 0 Å². The van der Waals surface area contributed by atoms with Crippen molar-refractivity contribution < 1.29 is 30.9 Å². The van der Waals surface area contributed by atoms with Crippen molar-refractivity contribution in [3.05, 3.63) is 35.9 Å². The van der Waals surface area contributed by atoms with Crippen molar-refractivity contribution in [2.24, 2.45) is 0 Å². The van der Waals surface area contributed by atoms with Crippen molar-refractivity contribution >= 4 is 12.2 Å². The maximum absolute atomic E-state index is 13.9. The molecule has 1 atom stereocenters. The third-order valence-electron chi connectivity index (χ3n) is 3.65. The number of hydrogen-bond acceptors (Lipinski definition) is 4. The molecule has 0 heterocycles. The van der Waals surface area contributed by atoms with E-state index in [1.807, 2.05) is 65.0 Å². The van der Waals surface area contributed by atoms with E-state index in [1.54, 1.807) is 5.92 Å². The van der Waals surface area contributed by atoms with E-state index in [4.69, 9.17) is 8.92 Å². The lowest BCUT2D eigenvalue weighted by molar-refractivity contribution is -0.135. The molecule has 1 rings (SSSR count). The average Bonchev–Trinajstić information content (AvgIpc) is 2.80. The van der Waals surface area contributed by atoms with E-state index in [2.05, 4.69) is 10.6 Å². The Morgan fingerprint density at radius 3 is 2.18 bits per heavy atom. The number of nitrogens with one attached hydrogen (secondary N) is 1. The average molecular weight is 500 g/mol. The summed E-state index contributed by atoms with van der Waals surface area (Å²) in [5.74, 6) is 0.640. The fourth-order valence-electron chi connectivity index (χ4n) is 2.03. The van der Waals surface area contributed by atoms with Crippen LogP contribution in [0.5, 0.6) is 0 Å². The number of halogens is 5. The van der Waals surface area contributed by atoms with E-state index in [0.29, 0.717) is 6.61 Å². The van der Waals surface area contributed by atoms with Crippen LogP contribution in [0.25, 0.3) is 0 Å². The van der Waals surface area contributed by atoms with Crippen LogP contribution in [0.3, 0.4) is 0 Å². The molecule has 0 amide bonds. The first-order valence-corrected chi connectivity index (χ1v) is 12.1. The van der Waals surface area contributed by atoms with E-state index in [-0.39, 0.29) is 13.2 Å². The van der Waals surface area contributed by atoms with Crippen LogP contribution in [0.1, 0.15) is 72.3 Å². The van der Waals surface area contributed by atoms with Crippen LogP contribution in [0.4, 0.5) is 22.0 Å². The second-order valence-electron chi connectivity index (χ2n) is 6.35. The van der Waals surface area contributed by atoms with E-state index in [0.717, 1.165) is 30.6 Å². The highest BCUT2D eigenvalue weighted by atomic mass is 32.2. The second-order valence-corrected chi connectivity index (χ2v) is 6.98. The van der Waals surface area contributed by atoms with Gasteiger partial charge in [0.25, 0.3) is 0 Å². The van der Waals surface area contributed by atoms with Gasteiger partial charge in [0.1, 0.15) is 0 Å². The molecule has 1 aromatic rings. The van der Waals surface area contributed by atoms with E-state index >= 15 is 0 Å². The Morgan fingerprint density at radius 2 is 1.61 bits per heavy atom. The first-order valence-electron chi connectivity index (χ1n) is 11.3. The van der Waals surface area contributed by atoms with Crippen molar-refractivity contribution in [2.75, 3.05) is 13.2 Å². The number of hydrogen-bond donors (Lipinski definition) is 1. The summed E-state index contributed by atoms with van der Waals surface area (Å²) < 4.78 is 78.1. The highest BCUT2D eigenvalue weighted by Crippen LogP contribution is 2.23. The number of rotatable bonds is 13. The van der Waals surface area contributed by atoms with Gasteiger partial charge in [-0.2, -0.15) is 22.0 Å². The number of alkyl halides is 5. The third-order valence-corrected chi connectivity index (χ3v) is 4.31. The van der Waals surface area contributed by atoms with Crippen molar-refractivity contribution in [2.45, 2.75) is 91.5 Å². The van der Waals surface area contributed by atoms with Gasteiger partial charge in [-0.1, -0.05) is 77.3 Å². The normalized spacial score (nSPS) is 11.8. The molecule has 0 saturated heterocycles. The molecular weight excluding hydrogens is 461 g/mol. The molecule has 0 radical (unpaired) electrons. The zero-order chi connectivity index (χ0) is 25.6. The fourth-order valence-corrected chi connectivity index (χ4v) is 2.59. The number of benzene rings is 1. The lowest BCUT2D eigenvalue weighted by Gasteiger charge is -2.14. The molecule has 1 N–H and O–H groups in total. The summed E-state index contributed by atoms with van der Waals surface area (Å²) in [4.78, 5) is 0. The monoisotopic (exact) mass is 499 g/mol. The molecule has 1 unspecified atom stereocenters. The van der Waals surface area contributed by atoms with E-state index in [9.17, 15) is 22.0 Å². The Balaban J connectivity index is 0. The second kappa shape index (κ2) is 21.2. The van der Waals surface area contributed by atoms with Crippen molar-refractivity contribution in [1.82, 2.24) is 4.72 Å². The van der Waals surface area contributed by atoms with Gasteiger partial charge in [0.05, 0.1) is 38.1 Å². The van der Waals surface area contributed by atoms with Gasteiger partial charge in [0.2, 0.25) is 0 Å². The molecule has 0 spiro atoms. The van der Waals surface area contributed by atoms with Gasteiger partial charge in [0.15, 0.2) is 0 Å². The molecule has 192 valence electrons. The van der Waals surface area contributed by atoms with E-state index < -0.39 is 37.4 Å². The quantitative estimate of drug-likeness (QED) is 0.0980. The van der Waals surface area contributed by atoms with Crippen molar-refractivity contribution in [3.8, 4) is 11.8 Å². The van der Waals surface area contributed by atoms with Crippen LogP contribution in [0.2, 0.25) is 0 Å². The highest BCUT2D eigenvalue weighted by Gasteiger charge is 2.29. The smallest absolute Gasteiger partial charge is 0.377 e. The molecule has 0 aromatic heterocycles. The molecule has 0 fully saturated rings. The number of unbranched alkanes of at least 4 members (excludes halogenated alkanes) is 1. The molecule has 3 nitrogen and oxygen atoms in total. The first-order chi connectivity index (χ1) is 15.7. The standard InChI is InChI=1S/C20H26F5NO2S.2C2H6/c1-2-3-14-28-29-26-18(10-12-20(23,24)25)9-11-19(21,22)13-15-27-16-17-7-5-4-6-8-17;2*1-2/h4-8,18,26H,2-3,10,12-16H2,1H3;2*1-2H3. The molecule has 0 aliphatic carbocycles. The molecule has 0 saturated carbocycles. The molecule has 1 aromatic carbocycles. The summed E-state index contributed by atoms with van der Waals surface area (Å²) >= 11 is 0.732. The summed E-state index contributed by atoms with van der Waals surface area (Å²) in [6.45, 7) is 10.4. The minimum absolute atomic E-state index is 0.200. The molecule has 0 bridgehead atoms. The topological polar surface area (TPSA) is 30.5 Å². The molecule has 33 heavy (non-hydrogen) atoms. The van der Waals surface area contributed by atoms with Crippen LogP contribution in [-0.2, 0) is 15.5 Å². The van der Waals surface area contributed by atoms with Gasteiger partial charge in [-0.05, 0) is 24.3 Å². The largest absolute Gasteiger partial charge is 0.389 e. The minimum Gasteiger partial charge on any atom is -0.377 e. The Hall–Kier alpha value is -1.34. The predicted molar refractivity (Wildman–Crippen MR) is 127 cm³/mol. The Bertz CT molecular complexity index is 619. The van der Waals surface area contributed by atoms with Gasteiger partial charge in [-0.15, -0.1) is 0 Å². The first kappa shape index (κ1) is 33.8. The number of ether oxygens (including phenoxy) is 1. The van der Waals surface area contributed by atoms with Crippen LogP contribution in [0.15, 0.2) is 30.3 Å². The van der Waals surface area contributed by atoms with Crippen LogP contribution in [-0.4, -0.2) is 31.4 Å². The molecule has 0 aliphatic rings. The third kappa shape index (κ3) is 22.2. The Labute approximate surface area is 200 Å². The Morgan fingerprint density at radius 1 is 0.970 bits per heavy atom. The van der Waals surface area contributed by atoms with Crippen LogP contribution in [0, 0.1) is 11.8 Å². The van der Waals surface area contributed by atoms with Gasteiger partial charge < -0.3 is 8.92 Å². The van der Waals surface area contributed by atoms with Crippen LogP contribution >= 0.6 is 12.2 Å². The maximum atomic E-state index is 13.9. The summed E-state index contributed by atoms with van der Waals surface area (Å²) in [7, 11) is 0. The Kier molecular flexibility index (Phi) is 21.7. The van der Waals surface area contributed by atoms with Crippen LogP contribution < -0.4 is 4.72 Å².